The molecule has 0 N–H and O–H groups in total. The number of hydrogen-bond donors (Lipinski definition) is 0. The molecule has 1 aliphatic rings. The van der Waals surface area contributed by atoms with Crippen molar-refractivity contribution in [1.82, 2.24) is 0 Å². The highest BCUT2D eigenvalue weighted by molar-refractivity contribution is 4.67. The van der Waals surface area contributed by atoms with Crippen molar-refractivity contribution in [3.63, 3.8) is 0 Å². The zero-order valence-corrected chi connectivity index (χ0v) is 6.87. The molecule has 62 valence electrons. The first-order chi connectivity index (χ1) is 5.43. The summed E-state index contributed by atoms with van der Waals surface area (Å²) in [6.45, 7) is 0.688. The Labute approximate surface area is 67.4 Å². The molecule has 0 aromatic carbocycles. The average molecular weight is 153 g/mol. The molecule has 0 aromatic rings. The van der Waals surface area contributed by atoms with E-state index in [1.54, 1.807) is 0 Å². The summed E-state index contributed by atoms with van der Waals surface area (Å²) >= 11 is 0. The smallest absolute Gasteiger partial charge is 0.0258 e. The molecule has 0 aromatic heterocycles. The van der Waals surface area contributed by atoms with Crippen molar-refractivity contribution in [2.24, 2.45) is 11.0 Å². The molecule has 0 saturated heterocycles. The van der Waals surface area contributed by atoms with Gasteiger partial charge >= 0.3 is 0 Å². The van der Waals surface area contributed by atoms with Crippen LogP contribution in [-0.2, 0) is 0 Å². The van der Waals surface area contributed by atoms with E-state index in [0.717, 1.165) is 12.3 Å². The average Bonchev–Trinajstić information content (AvgIpc) is 2.50. The van der Waals surface area contributed by atoms with Crippen LogP contribution in [0.2, 0.25) is 0 Å². The first-order valence-electron chi connectivity index (χ1n) is 4.44. The van der Waals surface area contributed by atoms with Gasteiger partial charge < -0.3 is 0 Å². The van der Waals surface area contributed by atoms with Crippen LogP contribution in [0.25, 0.3) is 10.4 Å². The Morgan fingerprint density at radius 3 is 2.73 bits per heavy atom. The molecule has 3 heteroatoms. The van der Waals surface area contributed by atoms with E-state index in [1.165, 1.54) is 32.1 Å². The predicted molar refractivity (Wildman–Crippen MR) is 45.2 cm³/mol. The lowest BCUT2D eigenvalue weighted by Gasteiger charge is -2.05. The van der Waals surface area contributed by atoms with Crippen LogP contribution in [0, 0.1) is 5.92 Å². The molecular weight excluding hydrogens is 138 g/mol. The fourth-order valence-electron chi connectivity index (χ4n) is 1.79. The second-order valence-electron chi connectivity index (χ2n) is 3.25. The van der Waals surface area contributed by atoms with Crippen LogP contribution in [-0.4, -0.2) is 6.54 Å². The first-order valence-corrected chi connectivity index (χ1v) is 4.44. The molecule has 0 unspecified atom stereocenters. The number of azide groups is 1. The molecule has 0 aliphatic heterocycles. The Kier molecular flexibility index (Phi) is 3.84. The minimum absolute atomic E-state index is 0.688. The molecule has 1 saturated carbocycles. The second kappa shape index (κ2) is 5.03. The maximum absolute atomic E-state index is 8.02. The van der Waals surface area contributed by atoms with Crippen LogP contribution in [0.15, 0.2) is 5.11 Å². The largest absolute Gasteiger partial charge is 0.0940 e. The van der Waals surface area contributed by atoms with E-state index in [2.05, 4.69) is 10.0 Å². The van der Waals surface area contributed by atoms with Gasteiger partial charge in [-0.05, 0) is 17.9 Å². The summed E-state index contributed by atoms with van der Waals surface area (Å²) in [6, 6.07) is 0. The number of rotatable bonds is 4. The standard InChI is InChI=1S/C8H15N3/c9-11-10-7-3-6-8-4-1-2-5-8/h8H,1-7H2. The summed E-state index contributed by atoms with van der Waals surface area (Å²) in [7, 11) is 0. The van der Waals surface area contributed by atoms with Gasteiger partial charge in [-0.3, -0.25) is 0 Å². The Morgan fingerprint density at radius 1 is 1.36 bits per heavy atom. The lowest BCUT2D eigenvalue weighted by atomic mass is 10.0. The molecule has 11 heavy (non-hydrogen) atoms. The highest BCUT2D eigenvalue weighted by atomic mass is 15.1. The van der Waals surface area contributed by atoms with Gasteiger partial charge in [0.1, 0.15) is 0 Å². The van der Waals surface area contributed by atoms with Gasteiger partial charge in [-0.25, -0.2) is 0 Å². The van der Waals surface area contributed by atoms with E-state index in [1.807, 2.05) is 0 Å². The summed E-state index contributed by atoms with van der Waals surface area (Å²) in [5.74, 6) is 0.934. The summed E-state index contributed by atoms with van der Waals surface area (Å²) in [5.41, 5.74) is 8.02. The van der Waals surface area contributed by atoms with Crippen molar-refractivity contribution < 1.29 is 0 Å². The van der Waals surface area contributed by atoms with Gasteiger partial charge in [-0.15, -0.1) is 0 Å². The molecule has 0 spiro atoms. The van der Waals surface area contributed by atoms with Gasteiger partial charge in [0.2, 0.25) is 0 Å². The van der Waals surface area contributed by atoms with Gasteiger partial charge in [0.25, 0.3) is 0 Å². The Bertz CT molecular complexity index is 143. The Hall–Kier alpha value is -0.690. The molecule has 0 amide bonds. The van der Waals surface area contributed by atoms with Gasteiger partial charge in [0.05, 0.1) is 0 Å². The molecule has 1 aliphatic carbocycles. The molecule has 0 heterocycles. The van der Waals surface area contributed by atoms with Crippen LogP contribution in [0.5, 0.6) is 0 Å². The Morgan fingerprint density at radius 2 is 2.09 bits per heavy atom. The zero-order chi connectivity index (χ0) is 7.94. The predicted octanol–water partition coefficient (Wildman–Crippen LogP) is 3.27. The maximum Gasteiger partial charge on any atom is 0.0258 e. The maximum atomic E-state index is 8.02. The van der Waals surface area contributed by atoms with Crippen molar-refractivity contribution in [3.05, 3.63) is 10.4 Å². The van der Waals surface area contributed by atoms with Crippen LogP contribution < -0.4 is 0 Å². The zero-order valence-electron chi connectivity index (χ0n) is 6.87. The van der Waals surface area contributed by atoms with E-state index >= 15 is 0 Å². The third-order valence-corrected chi connectivity index (χ3v) is 2.41. The van der Waals surface area contributed by atoms with Crippen molar-refractivity contribution >= 4 is 0 Å². The van der Waals surface area contributed by atoms with E-state index in [9.17, 15) is 0 Å². The highest BCUT2D eigenvalue weighted by Crippen LogP contribution is 2.28. The van der Waals surface area contributed by atoms with Crippen molar-refractivity contribution in [3.8, 4) is 0 Å². The quantitative estimate of drug-likeness (QED) is 0.257. The lowest BCUT2D eigenvalue weighted by Crippen LogP contribution is -1.93. The van der Waals surface area contributed by atoms with E-state index < -0.39 is 0 Å². The first kappa shape index (κ1) is 8.41. The minimum Gasteiger partial charge on any atom is -0.0940 e. The molecular formula is C8H15N3. The molecule has 1 rings (SSSR count). The van der Waals surface area contributed by atoms with E-state index in [-0.39, 0.29) is 0 Å². The van der Waals surface area contributed by atoms with Gasteiger partial charge in [0, 0.05) is 11.5 Å². The minimum atomic E-state index is 0.688. The third kappa shape index (κ3) is 3.28. The summed E-state index contributed by atoms with van der Waals surface area (Å²) < 4.78 is 0. The third-order valence-electron chi connectivity index (χ3n) is 2.41. The summed E-state index contributed by atoms with van der Waals surface area (Å²) in [6.07, 6.45) is 7.96. The highest BCUT2D eigenvalue weighted by Gasteiger charge is 2.13. The van der Waals surface area contributed by atoms with E-state index in [4.69, 9.17) is 5.53 Å². The topological polar surface area (TPSA) is 48.8 Å². The number of hydrogen-bond acceptors (Lipinski definition) is 1. The van der Waals surface area contributed by atoms with Crippen LogP contribution in [0.1, 0.15) is 38.5 Å². The van der Waals surface area contributed by atoms with E-state index in [0.29, 0.717) is 6.54 Å². The molecule has 0 radical (unpaired) electrons. The van der Waals surface area contributed by atoms with Crippen molar-refractivity contribution in [1.29, 1.82) is 0 Å². The van der Waals surface area contributed by atoms with Crippen LogP contribution in [0.3, 0.4) is 0 Å². The molecule has 0 atom stereocenters. The van der Waals surface area contributed by atoms with Gasteiger partial charge in [-0.1, -0.05) is 37.2 Å². The molecule has 1 fully saturated rings. The van der Waals surface area contributed by atoms with Crippen molar-refractivity contribution in [2.75, 3.05) is 6.54 Å². The van der Waals surface area contributed by atoms with Gasteiger partial charge in [-0.2, -0.15) is 0 Å². The van der Waals surface area contributed by atoms with Crippen LogP contribution in [0.4, 0.5) is 0 Å². The monoisotopic (exact) mass is 153 g/mol. The fourth-order valence-corrected chi connectivity index (χ4v) is 1.79. The number of nitrogens with zero attached hydrogens (tertiary/aromatic N) is 3. The summed E-state index contributed by atoms with van der Waals surface area (Å²) in [5, 5.41) is 3.51. The normalized spacial score (nSPS) is 18.2. The SMILES string of the molecule is [N-]=[N+]=NCCCC1CCCC1. The second-order valence-corrected chi connectivity index (χ2v) is 3.25. The Balaban J connectivity index is 1.97. The van der Waals surface area contributed by atoms with Crippen LogP contribution >= 0.6 is 0 Å². The summed E-state index contributed by atoms with van der Waals surface area (Å²) in [4.78, 5) is 2.72. The van der Waals surface area contributed by atoms with Crippen molar-refractivity contribution in [2.45, 2.75) is 38.5 Å². The fraction of sp³-hybridized carbons (Fsp3) is 1.00. The molecule has 0 bridgehead atoms. The lowest BCUT2D eigenvalue weighted by molar-refractivity contribution is 0.487. The van der Waals surface area contributed by atoms with Gasteiger partial charge in [0.15, 0.2) is 0 Å². The molecule has 3 nitrogen and oxygen atoms in total.